The molecule has 1 aromatic heterocycles. The smallest absolute Gasteiger partial charge is 0.0931 e. The van der Waals surface area contributed by atoms with Gasteiger partial charge in [-0.2, -0.15) is 0 Å². The van der Waals surface area contributed by atoms with Gasteiger partial charge >= 0.3 is 0 Å². The third-order valence-corrected chi connectivity index (χ3v) is 4.96. The van der Waals surface area contributed by atoms with Gasteiger partial charge in [-0.3, -0.25) is 0 Å². The molecule has 1 fully saturated rings. The molecule has 3 atom stereocenters. The van der Waals surface area contributed by atoms with Gasteiger partial charge < -0.3 is 5.32 Å². The quantitative estimate of drug-likeness (QED) is 0.864. The summed E-state index contributed by atoms with van der Waals surface area (Å²) >= 11 is 7.71. The minimum absolute atomic E-state index is 0.692. The highest BCUT2D eigenvalue weighted by Crippen LogP contribution is 2.33. The Hall–Kier alpha value is -0.0500. The average molecular weight is 258 g/mol. The number of hydrogen-bond acceptors (Lipinski definition) is 2. The molecule has 2 rings (SSSR count). The summed E-state index contributed by atoms with van der Waals surface area (Å²) in [5, 5.41) is 3.47. The van der Waals surface area contributed by atoms with Crippen molar-refractivity contribution in [2.24, 2.45) is 11.8 Å². The van der Waals surface area contributed by atoms with Crippen LogP contribution in [0.15, 0.2) is 12.1 Å². The lowest BCUT2D eigenvalue weighted by Gasteiger charge is -2.34. The Kier molecular flexibility index (Phi) is 4.28. The molecule has 0 saturated heterocycles. The zero-order valence-corrected chi connectivity index (χ0v) is 11.6. The fourth-order valence-corrected chi connectivity index (χ4v) is 4.00. The van der Waals surface area contributed by atoms with Crippen molar-refractivity contribution < 1.29 is 0 Å². The van der Waals surface area contributed by atoms with Gasteiger partial charge in [0.25, 0.3) is 0 Å². The van der Waals surface area contributed by atoms with Gasteiger partial charge in [-0.05, 0) is 56.7 Å². The summed E-state index contributed by atoms with van der Waals surface area (Å²) in [6, 6.07) is 4.89. The number of hydrogen-bond donors (Lipinski definition) is 1. The second-order valence-electron chi connectivity index (χ2n) is 4.98. The molecule has 90 valence electrons. The monoisotopic (exact) mass is 257 g/mol. The van der Waals surface area contributed by atoms with Crippen LogP contribution in [0.1, 0.15) is 31.1 Å². The van der Waals surface area contributed by atoms with Crippen molar-refractivity contribution in [1.82, 2.24) is 5.32 Å². The summed E-state index contributed by atoms with van der Waals surface area (Å²) in [5.41, 5.74) is 0. The maximum atomic E-state index is 5.98. The Morgan fingerprint density at radius 2 is 2.25 bits per heavy atom. The Bertz CT molecular complexity index is 336. The van der Waals surface area contributed by atoms with Gasteiger partial charge in [-0.1, -0.05) is 18.5 Å². The van der Waals surface area contributed by atoms with Crippen molar-refractivity contribution in [2.45, 2.75) is 38.6 Å². The topological polar surface area (TPSA) is 12.0 Å². The minimum Gasteiger partial charge on any atom is -0.317 e. The molecule has 1 nitrogen and oxygen atoms in total. The van der Waals surface area contributed by atoms with E-state index in [1.807, 2.05) is 6.07 Å². The molecule has 1 N–H and O–H groups in total. The molecule has 0 spiro atoms. The largest absolute Gasteiger partial charge is 0.317 e. The van der Waals surface area contributed by atoms with Gasteiger partial charge in [-0.15, -0.1) is 11.3 Å². The lowest BCUT2D eigenvalue weighted by Crippen LogP contribution is -2.39. The van der Waals surface area contributed by atoms with Crippen LogP contribution in [0.3, 0.4) is 0 Å². The number of rotatable bonds is 3. The molecule has 1 aliphatic rings. The summed E-state index contributed by atoms with van der Waals surface area (Å²) in [7, 11) is 2.09. The molecule has 3 heteroatoms. The van der Waals surface area contributed by atoms with Crippen LogP contribution < -0.4 is 5.32 Å². The molecule has 1 heterocycles. The van der Waals surface area contributed by atoms with Gasteiger partial charge in [0.2, 0.25) is 0 Å². The minimum atomic E-state index is 0.692. The van der Waals surface area contributed by atoms with Crippen molar-refractivity contribution in [2.75, 3.05) is 7.05 Å². The van der Waals surface area contributed by atoms with E-state index in [1.165, 1.54) is 30.6 Å². The van der Waals surface area contributed by atoms with Crippen LogP contribution in [0.25, 0.3) is 0 Å². The molecule has 0 radical (unpaired) electrons. The van der Waals surface area contributed by atoms with Crippen molar-refractivity contribution in [3.05, 3.63) is 21.3 Å². The molecular weight excluding hydrogens is 238 g/mol. The van der Waals surface area contributed by atoms with Crippen molar-refractivity contribution in [3.8, 4) is 0 Å². The molecule has 1 saturated carbocycles. The molecule has 0 aromatic carbocycles. The first-order valence-electron chi connectivity index (χ1n) is 6.10. The zero-order chi connectivity index (χ0) is 11.5. The van der Waals surface area contributed by atoms with E-state index < -0.39 is 0 Å². The highest BCUT2D eigenvalue weighted by molar-refractivity contribution is 7.16. The van der Waals surface area contributed by atoms with Gasteiger partial charge in [0.1, 0.15) is 0 Å². The van der Waals surface area contributed by atoms with E-state index in [4.69, 9.17) is 11.6 Å². The van der Waals surface area contributed by atoms with Crippen LogP contribution in [-0.2, 0) is 6.42 Å². The Labute approximate surface area is 107 Å². The van der Waals surface area contributed by atoms with E-state index in [0.29, 0.717) is 6.04 Å². The van der Waals surface area contributed by atoms with E-state index in [0.717, 1.165) is 16.2 Å². The van der Waals surface area contributed by atoms with E-state index in [1.54, 1.807) is 11.3 Å². The van der Waals surface area contributed by atoms with Crippen molar-refractivity contribution in [3.63, 3.8) is 0 Å². The predicted molar refractivity (Wildman–Crippen MR) is 72.4 cm³/mol. The summed E-state index contributed by atoms with van der Waals surface area (Å²) in [6.07, 6.45) is 5.23. The van der Waals surface area contributed by atoms with Crippen LogP contribution in [0.4, 0.5) is 0 Å². The molecule has 1 aliphatic carbocycles. The Morgan fingerprint density at radius 3 is 2.88 bits per heavy atom. The normalized spacial score (nSPS) is 30.6. The predicted octanol–water partition coefficient (Wildman–Crippen LogP) is 3.97. The summed E-state index contributed by atoms with van der Waals surface area (Å²) < 4.78 is 0.917. The van der Waals surface area contributed by atoms with Crippen LogP contribution in [-0.4, -0.2) is 13.1 Å². The van der Waals surface area contributed by atoms with E-state index in [-0.39, 0.29) is 0 Å². The standard InChI is InChI=1S/C13H20ClNS/c1-9-3-5-12(15-2)10(7-9)8-11-4-6-13(14)16-11/h4,6,9-10,12,15H,3,5,7-8H2,1-2H3. The molecule has 0 amide bonds. The lowest BCUT2D eigenvalue weighted by molar-refractivity contribution is 0.221. The third-order valence-electron chi connectivity index (χ3n) is 3.71. The van der Waals surface area contributed by atoms with Gasteiger partial charge in [0.05, 0.1) is 4.34 Å². The maximum Gasteiger partial charge on any atom is 0.0931 e. The highest BCUT2D eigenvalue weighted by atomic mass is 35.5. The van der Waals surface area contributed by atoms with E-state index >= 15 is 0 Å². The first-order valence-corrected chi connectivity index (χ1v) is 7.30. The number of halogens is 1. The fraction of sp³-hybridized carbons (Fsp3) is 0.692. The molecule has 16 heavy (non-hydrogen) atoms. The van der Waals surface area contributed by atoms with Crippen LogP contribution >= 0.6 is 22.9 Å². The molecule has 0 aliphatic heterocycles. The Morgan fingerprint density at radius 1 is 1.44 bits per heavy atom. The molecule has 0 bridgehead atoms. The number of thiophene rings is 1. The lowest BCUT2D eigenvalue weighted by atomic mass is 9.77. The van der Waals surface area contributed by atoms with E-state index in [9.17, 15) is 0 Å². The highest BCUT2D eigenvalue weighted by Gasteiger charge is 2.27. The van der Waals surface area contributed by atoms with Crippen LogP contribution in [0.2, 0.25) is 4.34 Å². The zero-order valence-electron chi connectivity index (χ0n) is 10.0. The second kappa shape index (κ2) is 5.52. The van der Waals surface area contributed by atoms with E-state index in [2.05, 4.69) is 25.4 Å². The maximum absolute atomic E-state index is 5.98. The Balaban J connectivity index is 2.00. The van der Waals surface area contributed by atoms with Crippen molar-refractivity contribution >= 4 is 22.9 Å². The average Bonchev–Trinajstić information content (AvgIpc) is 2.64. The first kappa shape index (κ1) is 12.4. The number of nitrogens with one attached hydrogen (secondary N) is 1. The van der Waals surface area contributed by atoms with Gasteiger partial charge in [0.15, 0.2) is 0 Å². The van der Waals surface area contributed by atoms with Crippen LogP contribution in [0, 0.1) is 11.8 Å². The fourth-order valence-electron chi connectivity index (χ4n) is 2.82. The molecule has 1 aromatic rings. The van der Waals surface area contributed by atoms with Gasteiger partial charge in [-0.25, -0.2) is 0 Å². The van der Waals surface area contributed by atoms with Crippen molar-refractivity contribution in [1.29, 1.82) is 0 Å². The van der Waals surface area contributed by atoms with Crippen LogP contribution in [0.5, 0.6) is 0 Å². The SMILES string of the molecule is CNC1CCC(C)CC1Cc1ccc(Cl)s1. The molecule has 3 unspecified atom stereocenters. The summed E-state index contributed by atoms with van der Waals surface area (Å²) in [5.74, 6) is 1.66. The summed E-state index contributed by atoms with van der Waals surface area (Å²) in [6.45, 7) is 2.38. The van der Waals surface area contributed by atoms with Gasteiger partial charge in [0, 0.05) is 10.9 Å². The second-order valence-corrected chi connectivity index (χ2v) is 6.78. The first-order chi connectivity index (χ1) is 7.69. The third kappa shape index (κ3) is 2.99. The summed E-state index contributed by atoms with van der Waals surface area (Å²) in [4.78, 5) is 1.43. The molecular formula is C13H20ClNS.